The summed E-state index contributed by atoms with van der Waals surface area (Å²) >= 11 is 0. The van der Waals surface area contributed by atoms with Gasteiger partial charge >= 0.3 is 5.97 Å². The standard InChI is InChI=1S/C11H21NO2/c1-3-4-9-14-10(13)11(2)5-7-12-8-6-11/h12H,3-9H2,1-2H3. The van der Waals surface area contributed by atoms with Crippen LogP contribution < -0.4 is 5.32 Å². The Labute approximate surface area is 86.2 Å². The highest BCUT2D eigenvalue weighted by Crippen LogP contribution is 2.29. The van der Waals surface area contributed by atoms with Gasteiger partial charge in [0.05, 0.1) is 12.0 Å². The van der Waals surface area contributed by atoms with Crippen molar-refractivity contribution in [2.45, 2.75) is 39.5 Å². The normalized spacial score (nSPS) is 20.4. The van der Waals surface area contributed by atoms with E-state index in [1.165, 1.54) is 0 Å². The van der Waals surface area contributed by atoms with E-state index in [9.17, 15) is 4.79 Å². The molecule has 1 rings (SSSR count). The Hall–Kier alpha value is -0.570. The van der Waals surface area contributed by atoms with Crippen LogP contribution in [0.3, 0.4) is 0 Å². The van der Waals surface area contributed by atoms with Gasteiger partial charge in [0.15, 0.2) is 0 Å². The number of carbonyl (C=O) groups is 1. The van der Waals surface area contributed by atoms with E-state index in [-0.39, 0.29) is 11.4 Å². The molecule has 1 aliphatic rings. The number of nitrogens with one attached hydrogen (secondary N) is 1. The SMILES string of the molecule is CCCCOC(=O)C1(C)CCNCC1. The molecule has 1 heterocycles. The fourth-order valence-corrected chi connectivity index (χ4v) is 1.67. The molecule has 82 valence electrons. The van der Waals surface area contributed by atoms with Crippen LogP contribution in [-0.4, -0.2) is 25.7 Å². The first-order valence-corrected chi connectivity index (χ1v) is 5.57. The molecular formula is C11H21NO2. The first-order chi connectivity index (χ1) is 6.69. The fourth-order valence-electron chi connectivity index (χ4n) is 1.67. The maximum absolute atomic E-state index is 11.7. The number of rotatable bonds is 4. The minimum atomic E-state index is -0.237. The Balaban J connectivity index is 2.33. The van der Waals surface area contributed by atoms with E-state index in [0.29, 0.717) is 6.61 Å². The van der Waals surface area contributed by atoms with Crippen molar-refractivity contribution < 1.29 is 9.53 Å². The zero-order valence-corrected chi connectivity index (χ0v) is 9.27. The summed E-state index contributed by atoms with van der Waals surface area (Å²) in [5.41, 5.74) is -0.237. The molecule has 0 bridgehead atoms. The molecule has 1 fully saturated rings. The van der Waals surface area contributed by atoms with E-state index in [0.717, 1.165) is 38.8 Å². The third-order valence-corrected chi connectivity index (χ3v) is 2.93. The molecule has 3 heteroatoms. The predicted octanol–water partition coefficient (Wildman–Crippen LogP) is 1.72. The third-order valence-electron chi connectivity index (χ3n) is 2.93. The lowest BCUT2D eigenvalue weighted by molar-refractivity contribution is -0.156. The quantitative estimate of drug-likeness (QED) is 0.553. The van der Waals surface area contributed by atoms with E-state index < -0.39 is 0 Å². The van der Waals surface area contributed by atoms with Crippen molar-refractivity contribution in [1.82, 2.24) is 5.32 Å². The largest absolute Gasteiger partial charge is 0.465 e. The van der Waals surface area contributed by atoms with E-state index >= 15 is 0 Å². The van der Waals surface area contributed by atoms with Crippen molar-refractivity contribution in [3.8, 4) is 0 Å². The van der Waals surface area contributed by atoms with Crippen molar-refractivity contribution in [2.75, 3.05) is 19.7 Å². The average Bonchev–Trinajstić information content (AvgIpc) is 2.19. The van der Waals surface area contributed by atoms with Gasteiger partial charge in [0.2, 0.25) is 0 Å². The highest BCUT2D eigenvalue weighted by molar-refractivity contribution is 5.76. The van der Waals surface area contributed by atoms with Gasteiger partial charge in [-0.05, 0) is 39.3 Å². The van der Waals surface area contributed by atoms with Crippen molar-refractivity contribution in [3.63, 3.8) is 0 Å². The second kappa shape index (κ2) is 5.35. The number of hydrogen-bond donors (Lipinski definition) is 1. The molecule has 14 heavy (non-hydrogen) atoms. The van der Waals surface area contributed by atoms with E-state index in [4.69, 9.17) is 4.74 Å². The first-order valence-electron chi connectivity index (χ1n) is 5.57. The lowest BCUT2D eigenvalue weighted by Gasteiger charge is -2.31. The molecule has 3 nitrogen and oxygen atoms in total. The van der Waals surface area contributed by atoms with Crippen LogP contribution >= 0.6 is 0 Å². The van der Waals surface area contributed by atoms with Crippen LogP contribution in [0, 0.1) is 5.41 Å². The zero-order chi connectivity index (χ0) is 10.4. The van der Waals surface area contributed by atoms with Gasteiger partial charge in [0, 0.05) is 0 Å². The van der Waals surface area contributed by atoms with Gasteiger partial charge in [-0.15, -0.1) is 0 Å². The average molecular weight is 199 g/mol. The minimum absolute atomic E-state index is 0.00699. The molecule has 0 atom stereocenters. The summed E-state index contributed by atoms with van der Waals surface area (Å²) in [5, 5.41) is 3.25. The molecular weight excluding hydrogens is 178 g/mol. The van der Waals surface area contributed by atoms with E-state index in [1.54, 1.807) is 0 Å². The van der Waals surface area contributed by atoms with E-state index in [2.05, 4.69) is 12.2 Å². The lowest BCUT2D eigenvalue weighted by atomic mass is 9.81. The summed E-state index contributed by atoms with van der Waals surface area (Å²) in [5.74, 6) is -0.00699. The maximum atomic E-state index is 11.7. The van der Waals surface area contributed by atoms with Gasteiger partial charge in [-0.3, -0.25) is 4.79 Å². The topological polar surface area (TPSA) is 38.3 Å². The van der Waals surface area contributed by atoms with Gasteiger partial charge < -0.3 is 10.1 Å². The highest BCUT2D eigenvalue weighted by atomic mass is 16.5. The Morgan fingerprint density at radius 1 is 1.43 bits per heavy atom. The number of hydrogen-bond acceptors (Lipinski definition) is 3. The molecule has 0 saturated carbocycles. The van der Waals surface area contributed by atoms with Gasteiger partial charge in [0.1, 0.15) is 0 Å². The van der Waals surface area contributed by atoms with Crippen molar-refractivity contribution in [3.05, 3.63) is 0 Å². The van der Waals surface area contributed by atoms with E-state index in [1.807, 2.05) is 6.92 Å². The molecule has 0 aromatic heterocycles. The van der Waals surface area contributed by atoms with Crippen LogP contribution in [0.2, 0.25) is 0 Å². The second-order valence-electron chi connectivity index (χ2n) is 4.30. The number of piperidine rings is 1. The zero-order valence-electron chi connectivity index (χ0n) is 9.27. The van der Waals surface area contributed by atoms with Gasteiger partial charge in [-0.1, -0.05) is 13.3 Å². The minimum Gasteiger partial charge on any atom is -0.465 e. The van der Waals surface area contributed by atoms with Crippen molar-refractivity contribution in [2.24, 2.45) is 5.41 Å². The lowest BCUT2D eigenvalue weighted by Crippen LogP contribution is -2.41. The Kier molecular flexibility index (Phi) is 4.39. The highest BCUT2D eigenvalue weighted by Gasteiger charge is 2.35. The molecule has 0 aromatic rings. The van der Waals surface area contributed by atoms with Crippen LogP contribution in [0.4, 0.5) is 0 Å². The molecule has 1 N–H and O–H groups in total. The Morgan fingerprint density at radius 3 is 2.64 bits per heavy atom. The van der Waals surface area contributed by atoms with Gasteiger partial charge in [0.25, 0.3) is 0 Å². The third kappa shape index (κ3) is 2.98. The number of unbranched alkanes of at least 4 members (excludes halogenated alkanes) is 1. The van der Waals surface area contributed by atoms with Crippen LogP contribution in [0.25, 0.3) is 0 Å². The smallest absolute Gasteiger partial charge is 0.311 e. The van der Waals surface area contributed by atoms with Gasteiger partial charge in [-0.25, -0.2) is 0 Å². The summed E-state index contributed by atoms with van der Waals surface area (Å²) < 4.78 is 5.26. The number of esters is 1. The molecule has 1 aliphatic heterocycles. The van der Waals surface area contributed by atoms with Crippen molar-refractivity contribution in [1.29, 1.82) is 0 Å². The van der Waals surface area contributed by atoms with Crippen LogP contribution in [0.1, 0.15) is 39.5 Å². The Morgan fingerprint density at radius 2 is 2.07 bits per heavy atom. The summed E-state index contributed by atoms with van der Waals surface area (Å²) in [6.45, 7) is 6.55. The van der Waals surface area contributed by atoms with Crippen molar-refractivity contribution >= 4 is 5.97 Å². The number of carbonyl (C=O) groups excluding carboxylic acids is 1. The monoisotopic (exact) mass is 199 g/mol. The van der Waals surface area contributed by atoms with Crippen LogP contribution in [0.15, 0.2) is 0 Å². The predicted molar refractivity (Wildman–Crippen MR) is 56.1 cm³/mol. The van der Waals surface area contributed by atoms with Gasteiger partial charge in [-0.2, -0.15) is 0 Å². The molecule has 0 spiro atoms. The molecule has 1 saturated heterocycles. The summed E-state index contributed by atoms with van der Waals surface area (Å²) in [4.78, 5) is 11.7. The molecule has 0 amide bonds. The summed E-state index contributed by atoms with van der Waals surface area (Å²) in [6.07, 6.45) is 3.85. The fraction of sp³-hybridized carbons (Fsp3) is 0.909. The molecule has 0 aliphatic carbocycles. The number of ether oxygens (including phenoxy) is 1. The molecule has 0 radical (unpaired) electrons. The Bertz CT molecular complexity index is 186. The first kappa shape index (κ1) is 11.5. The van der Waals surface area contributed by atoms with Crippen LogP contribution in [-0.2, 0) is 9.53 Å². The second-order valence-corrected chi connectivity index (χ2v) is 4.30. The van der Waals surface area contributed by atoms with Crippen LogP contribution in [0.5, 0.6) is 0 Å². The summed E-state index contributed by atoms with van der Waals surface area (Å²) in [6, 6.07) is 0. The summed E-state index contributed by atoms with van der Waals surface area (Å²) in [7, 11) is 0. The molecule has 0 aromatic carbocycles. The molecule has 0 unspecified atom stereocenters. The maximum Gasteiger partial charge on any atom is 0.311 e.